The van der Waals surface area contributed by atoms with Gasteiger partial charge in [-0.05, 0) is 36.5 Å². The lowest BCUT2D eigenvalue weighted by atomic mass is 9.77. The van der Waals surface area contributed by atoms with Gasteiger partial charge in [0.15, 0.2) is 0 Å². The molecule has 1 aromatic heterocycles. The lowest BCUT2D eigenvalue weighted by molar-refractivity contribution is -0.149. The molecule has 0 bridgehead atoms. The van der Waals surface area contributed by atoms with Gasteiger partial charge in [0.2, 0.25) is 0 Å². The minimum atomic E-state index is -0.181. The average Bonchev–Trinajstić information content (AvgIpc) is 3.22. The highest BCUT2D eigenvalue weighted by atomic mass is 16.5. The van der Waals surface area contributed by atoms with E-state index in [0.29, 0.717) is 11.7 Å². The zero-order chi connectivity index (χ0) is 19.9. The van der Waals surface area contributed by atoms with Crippen molar-refractivity contribution >= 4 is 5.97 Å². The number of hydrogen-bond acceptors (Lipinski definition) is 5. The van der Waals surface area contributed by atoms with Crippen molar-refractivity contribution in [2.45, 2.75) is 51.2 Å². The van der Waals surface area contributed by atoms with Crippen LogP contribution in [0.4, 0.5) is 0 Å². The molecule has 0 radical (unpaired) electrons. The summed E-state index contributed by atoms with van der Waals surface area (Å²) in [7, 11) is 0. The van der Waals surface area contributed by atoms with E-state index in [1.807, 2.05) is 42.5 Å². The Morgan fingerprint density at radius 3 is 2.48 bits per heavy atom. The fraction of sp³-hybridized carbons (Fsp3) is 0.542. The maximum Gasteiger partial charge on any atom is 0.314 e. The molecular formula is C24H31NO4. The molecule has 0 unspecified atom stereocenters. The number of hydrogen-bond donors (Lipinski definition) is 0. The van der Waals surface area contributed by atoms with Crippen LogP contribution >= 0.6 is 0 Å². The summed E-state index contributed by atoms with van der Waals surface area (Å²) < 4.78 is 17.0. The van der Waals surface area contributed by atoms with Gasteiger partial charge in [-0.2, -0.15) is 0 Å². The molecule has 1 aliphatic carbocycles. The molecule has 1 aliphatic heterocycles. The van der Waals surface area contributed by atoms with Gasteiger partial charge in [0.25, 0.3) is 0 Å². The van der Waals surface area contributed by atoms with Gasteiger partial charge in [0.05, 0.1) is 25.7 Å². The van der Waals surface area contributed by atoms with Crippen molar-refractivity contribution in [3.8, 4) is 0 Å². The summed E-state index contributed by atoms with van der Waals surface area (Å²) in [5.74, 6) is 1.67. The summed E-state index contributed by atoms with van der Waals surface area (Å²) in [4.78, 5) is 15.4. The Hall–Kier alpha value is -2.11. The molecule has 2 heterocycles. The van der Waals surface area contributed by atoms with Crippen molar-refractivity contribution in [2.24, 2.45) is 5.92 Å². The molecule has 0 N–H and O–H groups in total. The highest BCUT2D eigenvalue weighted by Crippen LogP contribution is 2.37. The number of esters is 1. The largest absolute Gasteiger partial charge is 0.461 e. The van der Waals surface area contributed by atoms with Gasteiger partial charge >= 0.3 is 5.97 Å². The van der Waals surface area contributed by atoms with Gasteiger partial charge in [-0.25, -0.2) is 0 Å². The van der Waals surface area contributed by atoms with Crippen molar-refractivity contribution in [1.82, 2.24) is 4.90 Å². The number of ether oxygens (including phenoxy) is 2. The third kappa shape index (κ3) is 5.49. The van der Waals surface area contributed by atoms with E-state index in [1.165, 1.54) is 19.3 Å². The van der Waals surface area contributed by atoms with Gasteiger partial charge in [-0.15, -0.1) is 0 Å². The SMILES string of the molecule is O=C(OCc1ccc(CN2CCOCC2)o1)[C@@H](c1ccccc1)C1CCCCC1. The lowest BCUT2D eigenvalue weighted by Gasteiger charge is -2.29. The Morgan fingerprint density at radius 1 is 1.00 bits per heavy atom. The minimum Gasteiger partial charge on any atom is -0.461 e. The number of carbonyl (C=O) groups excluding carboxylic acids is 1. The molecule has 2 aromatic rings. The van der Waals surface area contributed by atoms with E-state index in [-0.39, 0.29) is 18.5 Å². The van der Waals surface area contributed by atoms with Crippen molar-refractivity contribution in [1.29, 1.82) is 0 Å². The summed E-state index contributed by atoms with van der Waals surface area (Å²) in [5.41, 5.74) is 1.07. The van der Waals surface area contributed by atoms with Gasteiger partial charge in [-0.1, -0.05) is 49.6 Å². The second-order valence-corrected chi connectivity index (χ2v) is 8.15. The zero-order valence-corrected chi connectivity index (χ0v) is 17.1. The van der Waals surface area contributed by atoms with Crippen LogP contribution in [0.25, 0.3) is 0 Å². The summed E-state index contributed by atoms with van der Waals surface area (Å²) in [5, 5.41) is 0. The highest BCUT2D eigenvalue weighted by molar-refractivity contribution is 5.78. The molecule has 1 aromatic carbocycles. The van der Waals surface area contributed by atoms with Crippen LogP contribution in [0, 0.1) is 5.92 Å². The second-order valence-electron chi connectivity index (χ2n) is 8.15. The molecule has 2 fully saturated rings. The Balaban J connectivity index is 1.36. The molecule has 0 amide bonds. The highest BCUT2D eigenvalue weighted by Gasteiger charge is 2.32. The number of morpholine rings is 1. The molecule has 5 nitrogen and oxygen atoms in total. The Kier molecular flexibility index (Phi) is 7.01. The molecule has 1 atom stereocenters. The number of rotatable bonds is 7. The first kappa shape index (κ1) is 20.2. The molecule has 5 heteroatoms. The number of benzene rings is 1. The third-order valence-corrected chi connectivity index (χ3v) is 6.09. The Bertz CT molecular complexity index is 760. The number of furan rings is 1. The van der Waals surface area contributed by atoms with Crippen LogP contribution in [-0.2, 0) is 27.4 Å². The summed E-state index contributed by atoms with van der Waals surface area (Å²) in [6.45, 7) is 4.35. The molecule has 156 valence electrons. The van der Waals surface area contributed by atoms with Crippen molar-refractivity contribution in [3.63, 3.8) is 0 Å². The van der Waals surface area contributed by atoms with Crippen LogP contribution in [0.15, 0.2) is 46.9 Å². The number of carbonyl (C=O) groups is 1. The standard InChI is InChI=1S/C24H31NO4/c26-24(23(19-7-3-1-4-8-19)20-9-5-2-6-10-20)28-18-22-12-11-21(29-22)17-25-13-15-27-16-14-25/h1,3-4,7-8,11-12,20,23H,2,5-6,9-10,13-18H2/t23-/m0/s1. The first-order chi connectivity index (χ1) is 14.3. The molecular weight excluding hydrogens is 366 g/mol. The summed E-state index contributed by atoms with van der Waals surface area (Å²) in [6, 6.07) is 14.0. The van der Waals surface area contributed by atoms with Crippen LogP contribution in [-0.4, -0.2) is 37.2 Å². The van der Waals surface area contributed by atoms with Gasteiger partial charge in [0.1, 0.15) is 18.1 Å². The van der Waals surface area contributed by atoms with Gasteiger partial charge in [-0.3, -0.25) is 9.69 Å². The van der Waals surface area contributed by atoms with Crippen LogP contribution in [0.1, 0.15) is 55.1 Å². The van der Waals surface area contributed by atoms with E-state index in [4.69, 9.17) is 13.9 Å². The van der Waals surface area contributed by atoms with Crippen molar-refractivity contribution in [3.05, 3.63) is 59.5 Å². The van der Waals surface area contributed by atoms with Crippen LogP contribution in [0.3, 0.4) is 0 Å². The number of nitrogens with zero attached hydrogens (tertiary/aromatic N) is 1. The zero-order valence-electron chi connectivity index (χ0n) is 17.1. The van der Waals surface area contributed by atoms with E-state index < -0.39 is 0 Å². The molecule has 0 spiro atoms. The minimum absolute atomic E-state index is 0.130. The normalized spacial score (nSPS) is 19.7. The molecule has 4 rings (SSSR count). The van der Waals surface area contributed by atoms with E-state index in [1.54, 1.807) is 0 Å². The summed E-state index contributed by atoms with van der Waals surface area (Å²) >= 11 is 0. The van der Waals surface area contributed by atoms with Crippen molar-refractivity contribution < 1.29 is 18.7 Å². The predicted octanol–water partition coefficient (Wildman–Crippen LogP) is 4.52. The first-order valence-corrected chi connectivity index (χ1v) is 10.9. The maximum absolute atomic E-state index is 13.1. The molecule has 1 saturated carbocycles. The first-order valence-electron chi connectivity index (χ1n) is 10.9. The predicted molar refractivity (Wildman–Crippen MR) is 110 cm³/mol. The van der Waals surface area contributed by atoms with Crippen LogP contribution < -0.4 is 0 Å². The van der Waals surface area contributed by atoms with E-state index in [0.717, 1.165) is 57.0 Å². The molecule has 1 saturated heterocycles. The van der Waals surface area contributed by atoms with E-state index in [2.05, 4.69) is 4.90 Å². The lowest BCUT2D eigenvalue weighted by Crippen LogP contribution is -2.35. The smallest absolute Gasteiger partial charge is 0.314 e. The monoisotopic (exact) mass is 397 g/mol. The van der Waals surface area contributed by atoms with Gasteiger partial charge < -0.3 is 13.9 Å². The fourth-order valence-electron chi connectivity index (χ4n) is 4.53. The molecule has 2 aliphatic rings. The third-order valence-electron chi connectivity index (χ3n) is 6.09. The van der Waals surface area contributed by atoms with E-state index >= 15 is 0 Å². The van der Waals surface area contributed by atoms with E-state index in [9.17, 15) is 4.79 Å². The quantitative estimate of drug-likeness (QED) is 0.643. The van der Waals surface area contributed by atoms with Crippen LogP contribution in [0.2, 0.25) is 0 Å². The van der Waals surface area contributed by atoms with Crippen molar-refractivity contribution in [2.75, 3.05) is 26.3 Å². The topological polar surface area (TPSA) is 51.9 Å². The van der Waals surface area contributed by atoms with Crippen LogP contribution in [0.5, 0.6) is 0 Å². The summed E-state index contributed by atoms with van der Waals surface area (Å²) in [6.07, 6.45) is 5.86. The Labute approximate surface area is 173 Å². The Morgan fingerprint density at radius 2 is 1.72 bits per heavy atom. The average molecular weight is 398 g/mol. The molecule has 29 heavy (non-hydrogen) atoms. The van der Waals surface area contributed by atoms with Gasteiger partial charge in [0, 0.05) is 13.1 Å². The second kappa shape index (κ2) is 10.1. The maximum atomic E-state index is 13.1. The fourth-order valence-corrected chi connectivity index (χ4v) is 4.53.